The molecule has 0 heterocycles. The second-order valence-electron chi connectivity index (χ2n) is 4.28. The first-order chi connectivity index (χ1) is 7.99. The molecule has 0 bridgehead atoms. The molecule has 2 unspecified atom stereocenters. The Bertz CT molecular complexity index is 392. The van der Waals surface area contributed by atoms with E-state index in [-0.39, 0.29) is 5.75 Å². The summed E-state index contributed by atoms with van der Waals surface area (Å²) >= 11 is 0. The summed E-state index contributed by atoms with van der Waals surface area (Å²) in [5, 5.41) is 3.07. The van der Waals surface area contributed by atoms with Gasteiger partial charge in [-0.15, -0.1) is 13.2 Å². The summed E-state index contributed by atoms with van der Waals surface area (Å²) in [7, 11) is 1.87. The summed E-state index contributed by atoms with van der Waals surface area (Å²) in [4.78, 5) is 0. The molecule has 1 aliphatic carbocycles. The summed E-state index contributed by atoms with van der Waals surface area (Å²) in [6.07, 6.45) is -3.59. The molecule has 1 saturated carbocycles. The van der Waals surface area contributed by atoms with Crippen LogP contribution in [-0.4, -0.2) is 20.0 Å². The van der Waals surface area contributed by atoms with Gasteiger partial charge in [-0.25, -0.2) is 0 Å². The summed E-state index contributed by atoms with van der Waals surface area (Å²) in [5.74, 6) is 0.755. The molecule has 1 aromatic carbocycles. The van der Waals surface area contributed by atoms with Gasteiger partial charge in [-0.05, 0) is 49.5 Å². The van der Waals surface area contributed by atoms with Gasteiger partial charge in [0.2, 0.25) is 0 Å². The summed E-state index contributed by atoms with van der Waals surface area (Å²) < 4.78 is 40.1. The highest BCUT2D eigenvalue weighted by Gasteiger charge is 2.38. The van der Waals surface area contributed by atoms with Crippen molar-refractivity contribution in [2.24, 2.45) is 5.92 Å². The van der Waals surface area contributed by atoms with E-state index in [1.54, 1.807) is 6.07 Å². The summed E-state index contributed by atoms with van der Waals surface area (Å²) in [6.45, 7) is 0.898. The SMILES string of the molecule is CNCC1CC1c1cccc(OC(F)(F)F)c1. The van der Waals surface area contributed by atoms with E-state index in [9.17, 15) is 13.2 Å². The van der Waals surface area contributed by atoms with E-state index in [0.717, 1.165) is 18.5 Å². The molecule has 2 rings (SSSR count). The molecule has 0 spiro atoms. The molecule has 1 aliphatic rings. The Balaban J connectivity index is 2.03. The zero-order chi connectivity index (χ0) is 12.5. The van der Waals surface area contributed by atoms with Crippen molar-refractivity contribution in [1.29, 1.82) is 0 Å². The fourth-order valence-electron chi connectivity index (χ4n) is 2.09. The van der Waals surface area contributed by atoms with E-state index < -0.39 is 6.36 Å². The smallest absolute Gasteiger partial charge is 0.406 e. The van der Waals surface area contributed by atoms with Crippen molar-refractivity contribution in [3.63, 3.8) is 0 Å². The maximum atomic E-state index is 12.1. The number of ether oxygens (including phenoxy) is 1. The number of halogens is 3. The van der Waals surface area contributed by atoms with Crippen LogP contribution in [0, 0.1) is 5.92 Å². The highest BCUT2D eigenvalue weighted by molar-refractivity contribution is 5.34. The van der Waals surface area contributed by atoms with Crippen molar-refractivity contribution in [1.82, 2.24) is 5.32 Å². The molecular weight excluding hydrogens is 231 g/mol. The molecule has 17 heavy (non-hydrogen) atoms. The molecule has 0 saturated heterocycles. The Morgan fingerprint density at radius 1 is 1.41 bits per heavy atom. The predicted molar refractivity (Wildman–Crippen MR) is 57.9 cm³/mol. The third-order valence-electron chi connectivity index (χ3n) is 2.91. The Morgan fingerprint density at radius 2 is 2.18 bits per heavy atom. The monoisotopic (exact) mass is 245 g/mol. The van der Waals surface area contributed by atoms with Gasteiger partial charge in [0.05, 0.1) is 0 Å². The zero-order valence-corrected chi connectivity index (χ0v) is 9.42. The fourth-order valence-corrected chi connectivity index (χ4v) is 2.09. The van der Waals surface area contributed by atoms with Crippen molar-refractivity contribution >= 4 is 0 Å². The van der Waals surface area contributed by atoms with Crippen LogP contribution in [0.25, 0.3) is 0 Å². The van der Waals surface area contributed by atoms with Crippen LogP contribution in [0.15, 0.2) is 24.3 Å². The van der Waals surface area contributed by atoms with E-state index >= 15 is 0 Å². The van der Waals surface area contributed by atoms with Crippen molar-refractivity contribution in [3.05, 3.63) is 29.8 Å². The number of benzene rings is 1. The van der Waals surface area contributed by atoms with Gasteiger partial charge in [-0.2, -0.15) is 0 Å². The number of alkyl halides is 3. The number of rotatable bonds is 4. The summed E-state index contributed by atoms with van der Waals surface area (Å²) in [5.41, 5.74) is 0.923. The van der Waals surface area contributed by atoms with E-state index in [0.29, 0.717) is 11.8 Å². The van der Waals surface area contributed by atoms with Crippen molar-refractivity contribution < 1.29 is 17.9 Å². The van der Waals surface area contributed by atoms with E-state index in [4.69, 9.17) is 0 Å². The lowest BCUT2D eigenvalue weighted by atomic mass is 10.1. The number of nitrogens with one attached hydrogen (secondary N) is 1. The van der Waals surface area contributed by atoms with Crippen LogP contribution >= 0.6 is 0 Å². The first kappa shape index (κ1) is 12.2. The molecule has 2 atom stereocenters. The topological polar surface area (TPSA) is 21.3 Å². The van der Waals surface area contributed by atoms with Crippen LogP contribution in [0.3, 0.4) is 0 Å². The third-order valence-corrected chi connectivity index (χ3v) is 2.91. The average molecular weight is 245 g/mol. The van der Waals surface area contributed by atoms with Gasteiger partial charge in [-0.3, -0.25) is 0 Å². The van der Waals surface area contributed by atoms with Crippen molar-refractivity contribution in [2.75, 3.05) is 13.6 Å². The third kappa shape index (κ3) is 3.36. The molecule has 1 N–H and O–H groups in total. The summed E-state index contributed by atoms with van der Waals surface area (Å²) in [6, 6.07) is 6.26. The van der Waals surface area contributed by atoms with Gasteiger partial charge < -0.3 is 10.1 Å². The Kier molecular flexibility index (Phi) is 3.28. The number of hydrogen-bond acceptors (Lipinski definition) is 2. The van der Waals surface area contributed by atoms with Crippen molar-refractivity contribution in [3.8, 4) is 5.75 Å². The molecular formula is C12H14F3NO. The van der Waals surface area contributed by atoms with E-state index in [1.807, 2.05) is 13.1 Å². The minimum Gasteiger partial charge on any atom is -0.406 e. The van der Waals surface area contributed by atoms with Gasteiger partial charge in [-0.1, -0.05) is 12.1 Å². The van der Waals surface area contributed by atoms with Crippen LogP contribution in [0.2, 0.25) is 0 Å². The van der Waals surface area contributed by atoms with E-state index in [2.05, 4.69) is 10.1 Å². The van der Waals surface area contributed by atoms with Gasteiger partial charge >= 0.3 is 6.36 Å². The second-order valence-corrected chi connectivity index (χ2v) is 4.28. The van der Waals surface area contributed by atoms with Crippen LogP contribution in [0.1, 0.15) is 17.9 Å². The Hall–Kier alpha value is -1.23. The normalized spacial score (nSPS) is 23.5. The first-order valence-electron chi connectivity index (χ1n) is 5.50. The fraction of sp³-hybridized carbons (Fsp3) is 0.500. The van der Waals surface area contributed by atoms with Crippen LogP contribution in [0.4, 0.5) is 13.2 Å². The van der Waals surface area contributed by atoms with Gasteiger partial charge in [0, 0.05) is 0 Å². The lowest BCUT2D eigenvalue weighted by molar-refractivity contribution is -0.274. The minimum atomic E-state index is -4.62. The Labute approximate surface area is 97.8 Å². The van der Waals surface area contributed by atoms with Gasteiger partial charge in [0.25, 0.3) is 0 Å². The molecule has 0 amide bonds. The maximum absolute atomic E-state index is 12.1. The molecule has 0 radical (unpaired) electrons. The highest BCUT2D eigenvalue weighted by Crippen LogP contribution is 2.47. The van der Waals surface area contributed by atoms with Crippen LogP contribution in [0.5, 0.6) is 5.75 Å². The Morgan fingerprint density at radius 3 is 2.82 bits per heavy atom. The quantitative estimate of drug-likeness (QED) is 0.880. The van der Waals surface area contributed by atoms with Crippen LogP contribution < -0.4 is 10.1 Å². The molecule has 5 heteroatoms. The molecule has 2 nitrogen and oxygen atoms in total. The lowest BCUT2D eigenvalue weighted by Crippen LogP contribution is -2.17. The number of hydrogen-bond donors (Lipinski definition) is 1. The first-order valence-corrected chi connectivity index (χ1v) is 5.50. The maximum Gasteiger partial charge on any atom is 0.573 e. The molecule has 0 aromatic heterocycles. The van der Waals surface area contributed by atoms with Crippen molar-refractivity contribution in [2.45, 2.75) is 18.7 Å². The lowest BCUT2D eigenvalue weighted by Gasteiger charge is -2.10. The molecule has 0 aliphatic heterocycles. The largest absolute Gasteiger partial charge is 0.573 e. The average Bonchev–Trinajstić information content (AvgIpc) is 2.95. The van der Waals surface area contributed by atoms with Gasteiger partial charge in [0.1, 0.15) is 5.75 Å². The minimum absolute atomic E-state index is 0.134. The molecule has 1 fully saturated rings. The molecule has 94 valence electrons. The standard InChI is InChI=1S/C12H14F3NO/c1-16-7-9-6-11(9)8-3-2-4-10(5-8)17-12(13,14)15/h2-5,9,11,16H,6-7H2,1H3. The highest BCUT2D eigenvalue weighted by atomic mass is 19.4. The predicted octanol–water partition coefficient (Wildman–Crippen LogP) is 2.91. The van der Waals surface area contributed by atoms with Crippen LogP contribution in [-0.2, 0) is 0 Å². The van der Waals surface area contributed by atoms with E-state index in [1.165, 1.54) is 12.1 Å². The second kappa shape index (κ2) is 4.56. The molecule has 1 aromatic rings. The van der Waals surface area contributed by atoms with Gasteiger partial charge in [0.15, 0.2) is 0 Å². The zero-order valence-electron chi connectivity index (χ0n) is 9.42.